The normalized spacial score (nSPS) is 11.2. The molecule has 0 radical (unpaired) electrons. The summed E-state index contributed by atoms with van der Waals surface area (Å²) in [6, 6.07) is 14.5. The molecule has 0 atom stereocenters. The number of anilines is 1. The summed E-state index contributed by atoms with van der Waals surface area (Å²) in [5, 5.41) is 2.38. The Morgan fingerprint density at radius 3 is 2.38 bits per heavy atom. The molecule has 26 heavy (non-hydrogen) atoms. The van der Waals surface area contributed by atoms with Crippen LogP contribution in [0.5, 0.6) is 0 Å². The first kappa shape index (κ1) is 17.8. The van der Waals surface area contributed by atoms with Crippen LogP contribution >= 0.6 is 0 Å². The standard InChI is InChI=1S/C19H15FN2O3S/c1-13-5-8-17(9-6-13)26(24,25)18-10-7-14(12-21-18)19(23)22-16-4-2-3-15(20)11-16/h2-12H,1H3,(H,22,23). The zero-order chi connectivity index (χ0) is 18.7. The number of aryl methyl sites for hydroxylation is 1. The number of hydrogen-bond acceptors (Lipinski definition) is 4. The molecule has 0 spiro atoms. The molecular weight excluding hydrogens is 355 g/mol. The predicted molar refractivity (Wildman–Crippen MR) is 95.2 cm³/mol. The van der Waals surface area contributed by atoms with Crippen LogP contribution in [-0.2, 0) is 9.84 Å². The van der Waals surface area contributed by atoms with Gasteiger partial charge in [0.05, 0.1) is 10.5 Å². The highest BCUT2D eigenvalue weighted by molar-refractivity contribution is 7.91. The van der Waals surface area contributed by atoms with Crippen LogP contribution in [-0.4, -0.2) is 19.3 Å². The number of benzene rings is 2. The minimum Gasteiger partial charge on any atom is -0.322 e. The third kappa shape index (κ3) is 3.78. The minimum absolute atomic E-state index is 0.132. The van der Waals surface area contributed by atoms with Crippen molar-refractivity contribution in [1.29, 1.82) is 0 Å². The Morgan fingerprint density at radius 1 is 1.04 bits per heavy atom. The van der Waals surface area contributed by atoms with E-state index >= 15 is 0 Å². The first-order valence-electron chi connectivity index (χ1n) is 7.71. The van der Waals surface area contributed by atoms with Crippen molar-refractivity contribution < 1.29 is 17.6 Å². The Morgan fingerprint density at radius 2 is 1.77 bits per heavy atom. The van der Waals surface area contributed by atoms with Crippen LogP contribution in [0.1, 0.15) is 15.9 Å². The lowest BCUT2D eigenvalue weighted by atomic mass is 10.2. The maximum absolute atomic E-state index is 13.2. The number of carbonyl (C=O) groups is 1. The van der Waals surface area contributed by atoms with Gasteiger partial charge in [-0.05, 0) is 49.4 Å². The van der Waals surface area contributed by atoms with E-state index in [1.165, 1.54) is 48.7 Å². The van der Waals surface area contributed by atoms with Crippen LogP contribution in [0, 0.1) is 12.7 Å². The molecule has 2 aromatic carbocycles. The Hall–Kier alpha value is -3.06. The fourth-order valence-electron chi connectivity index (χ4n) is 2.28. The van der Waals surface area contributed by atoms with Crippen LogP contribution in [0.15, 0.2) is 76.8 Å². The second-order valence-electron chi connectivity index (χ2n) is 5.67. The van der Waals surface area contributed by atoms with Gasteiger partial charge in [-0.2, -0.15) is 0 Å². The van der Waals surface area contributed by atoms with Crippen LogP contribution in [0.25, 0.3) is 0 Å². The molecular formula is C19H15FN2O3S. The zero-order valence-corrected chi connectivity index (χ0v) is 14.6. The molecule has 0 aliphatic heterocycles. The smallest absolute Gasteiger partial charge is 0.257 e. The minimum atomic E-state index is -3.76. The van der Waals surface area contributed by atoms with E-state index in [0.717, 1.165) is 5.56 Å². The second-order valence-corrected chi connectivity index (χ2v) is 7.56. The van der Waals surface area contributed by atoms with Crippen molar-refractivity contribution in [3.8, 4) is 0 Å². The monoisotopic (exact) mass is 370 g/mol. The number of aromatic nitrogens is 1. The van der Waals surface area contributed by atoms with Gasteiger partial charge in [0, 0.05) is 11.9 Å². The molecule has 132 valence electrons. The molecule has 0 bridgehead atoms. The Balaban J connectivity index is 1.81. The highest BCUT2D eigenvalue weighted by atomic mass is 32.2. The first-order chi connectivity index (χ1) is 12.4. The molecule has 0 unspecified atom stereocenters. The van der Waals surface area contributed by atoms with Gasteiger partial charge in [-0.25, -0.2) is 17.8 Å². The third-order valence-corrected chi connectivity index (χ3v) is 5.37. The molecule has 3 rings (SSSR count). The van der Waals surface area contributed by atoms with Crippen molar-refractivity contribution in [1.82, 2.24) is 4.98 Å². The number of pyridine rings is 1. The maximum atomic E-state index is 13.2. The molecule has 1 amide bonds. The van der Waals surface area contributed by atoms with Crippen LogP contribution < -0.4 is 5.32 Å². The molecule has 0 aliphatic carbocycles. The van der Waals surface area contributed by atoms with Crippen molar-refractivity contribution in [2.24, 2.45) is 0 Å². The van der Waals surface area contributed by atoms with E-state index in [9.17, 15) is 17.6 Å². The number of carbonyl (C=O) groups excluding carboxylic acids is 1. The van der Waals surface area contributed by atoms with E-state index in [1.807, 2.05) is 6.92 Å². The van der Waals surface area contributed by atoms with Crippen molar-refractivity contribution in [2.45, 2.75) is 16.8 Å². The molecule has 0 fully saturated rings. The van der Waals surface area contributed by atoms with E-state index in [-0.39, 0.29) is 15.5 Å². The van der Waals surface area contributed by atoms with Gasteiger partial charge in [0.15, 0.2) is 5.03 Å². The summed E-state index contributed by atoms with van der Waals surface area (Å²) in [6.07, 6.45) is 1.18. The predicted octanol–water partition coefficient (Wildman–Crippen LogP) is 3.61. The van der Waals surface area contributed by atoms with Gasteiger partial charge < -0.3 is 5.32 Å². The van der Waals surface area contributed by atoms with Crippen molar-refractivity contribution in [2.75, 3.05) is 5.32 Å². The average Bonchev–Trinajstić information content (AvgIpc) is 2.62. The lowest BCUT2D eigenvalue weighted by Gasteiger charge is -2.07. The lowest BCUT2D eigenvalue weighted by Crippen LogP contribution is -2.13. The highest BCUT2D eigenvalue weighted by Crippen LogP contribution is 2.20. The van der Waals surface area contributed by atoms with Gasteiger partial charge in [0.2, 0.25) is 9.84 Å². The van der Waals surface area contributed by atoms with Crippen molar-refractivity contribution in [3.63, 3.8) is 0 Å². The summed E-state index contributed by atoms with van der Waals surface area (Å²) < 4.78 is 38.3. The van der Waals surface area contributed by atoms with E-state index in [0.29, 0.717) is 5.69 Å². The molecule has 1 N–H and O–H groups in total. The van der Waals surface area contributed by atoms with Gasteiger partial charge in [-0.1, -0.05) is 23.8 Å². The Bertz CT molecular complexity index is 1050. The van der Waals surface area contributed by atoms with Crippen LogP contribution in [0.2, 0.25) is 0 Å². The Labute approximate surface area is 150 Å². The van der Waals surface area contributed by atoms with E-state index in [4.69, 9.17) is 0 Å². The fraction of sp³-hybridized carbons (Fsp3) is 0.0526. The largest absolute Gasteiger partial charge is 0.322 e. The second kappa shape index (κ2) is 7.05. The number of halogens is 1. The third-order valence-electron chi connectivity index (χ3n) is 3.69. The number of rotatable bonds is 4. The van der Waals surface area contributed by atoms with E-state index in [1.54, 1.807) is 18.2 Å². The topological polar surface area (TPSA) is 76.1 Å². The molecule has 3 aromatic rings. The van der Waals surface area contributed by atoms with Gasteiger partial charge in [0.25, 0.3) is 5.91 Å². The zero-order valence-electron chi connectivity index (χ0n) is 13.8. The molecule has 0 aliphatic rings. The summed E-state index contributed by atoms with van der Waals surface area (Å²) in [7, 11) is -3.76. The fourth-order valence-corrected chi connectivity index (χ4v) is 3.46. The number of amides is 1. The van der Waals surface area contributed by atoms with Gasteiger partial charge in [-0.15, -0.1) is 0 Å². The SMILES string of the molecule is Cc1ccc(S(=O)(=O)c2ccc(C(=O)Nc3cccc(F)c3)cn2)cc1. The molecule has 7 heteroatoms. The van der Waals surface area contributed by atoms with Crippen LogP contribution in [0.3, 0.4) is 0 Å². The summed E-state index contributed by atoms with van der Waals surface area (Å²) >= 11 is 0. The van der Waals surface area contributed by atoms with E-state index in [2.05, 4.69) is 10.3 Å². The number of hydrogen-bond donors (Lipinski definition) is 1. The van der Waals surface area contributed by atoms with Gasteiger partial charge >= 0.3 is 0 Å². The number of nitrogens with one attached hydrogen (secondary N) is 1. The molecule has 0 saturated carbocycles. The Kier molecular flexibility index (Phi) is 4.81. The summed E-state index contributed by atoms with van der Waals surface area (Å²) in [6.45, 7) is 1.86. The molecule has 1 aromatic heterocycles. The average molecular weight is 370 g/mol. The lowest BCUT2D eigenvalue weighted by molar-refractivity contribution is 0.102. The summed E-state index contributed by atoms with van der Waals surface area (Å²) in [5.41, 5.74) is 1.41. The van der Waals surface area contributed by atoms with Crippen molar-refractivity contribution in [3.05, 3.63) is 83.8 Å². The molecule has 1 heterocycles. The van der Waals surface area contributed by atoms with Crippen LogP contribution in [0.4, 0.5) is 10.1 Å². The summed E-state index contributed by atoms with van der Waals surface area (Å²) in [5.74, 6) is -0.983. The molecule has 5 nitrogen and oxygen atoms in total. The molecule has 0 saturated heterocycles. The van der Waals surface area contributed by atoms with Crippen molar-refractivity contribution >= 4 is 21.4 Å². The highest BCUT2D eigenvalue weighted by Gasteiger charge is 2.19. The van der Waals surface area contributed by atoms with E-state index < -0.39 is 21.6 Å². The van der Waals surface area contributed by atoms with Gasteiger partial charge in [0.1, 0.15) is 5.82 Å². The number of sulfone groups is 1. The van der Waals surface area contributed by atoms with Gasteiger partial charge in [-0.3, -0.25) is 4.79 Å². The quantitative estimate of drug-likeness (QED) is 0.761. The maximum Gasteiger partial charge on any atom is 0.257 e. The number of nitrogens with zero attached hydrogens (tertiary/aromatic N) is 1. The summed E-state index contributed by atoms with van der Waals surface area (Å²) in [4.78, 5) is 16.2. The first-order valence-corrected chi connectivity index (χ1v) is 9.19.